The monoisotopic (exact) mass is 349 g/mol. The Hall–Kier alpha value is -2.72. The van der Waals surface area contributed by atoms with Gasteiger partial charge in [0.2, 0.25) is 0 Å². The van der Waals surface area contributed by atoms with E-state index in [4.69, 9.17) is 0 Å². The molecule has 4 nitrogen and oxygen atoms in total. The van der Waals surface area contributed by atoms with E-state index in [2.05, 4.69) is 35.7 Å². The van der Waals surface area contributed by atoms with Crippen LogP contribution in [0.15, 0.2) is 60.7 Å². The Morgan fingerprint density at radius 3 is 2.31 bits per heavy atom. The lowest BCUT2D eigenvalue weighted by molar-refractivity contribution is -0.909. The molecule has 2 aromatic rings. The van der Waals surface area contributed by atoms with Crippen molar-refractivity contribution in [1.29, 1.82) is 0 Å². The van der Waals surface area contributed by atoms with Crippen molar-refractivity contribution in [2.45, 2.75) is 26.3 Å². The summed E-state index contributed by atoms with van der Waals surface area (Å²) < 4.78 is 0. The maximum absolute atomic E-state index is 12.6. The average Bonchev–Trinajstić information content (AvgIpc) is 2.68. The Kier molecular flexibility index (Phi) is 5.64. The Labute approximate surface area is 154 Å². The third kappa shape index (κ3) is 4.27. The highest BCUT2D eigenvalue weighted by Crippen LogP contribution is 2.18. The molecule has 26 heavy (non-hydrogen) atoms. The van der Waals surface area contributed by atoms with Crippen LogP contribution < -0.4 is 10.2 Å². The molecule has 3 rings (SSSR count). The molecule has 0 spiro atoms. The second-order valence-electron chi connectivity index (χ2n) is 6.80. The van der Waals surface area contributed by atoms with E-state index in [1.54, 1.807) is 24.3 Å². The van der Waals surface area contributed by atoms with Crippen molar-refractivity contribution < 1.29 is 14.5 Å². The van der Waals surface area contributed by atoms with Crippen LogP contribution in [-0.4, -0.2) is 30.8 Å². The van der Waals surface area contributed by atoms with Gasteiger partial charge >= 0.3 is 0 Å². The summed E-state index contributed by atoms with van der Waals surface area (Å²) in [4.78, 5) is 25.2. The molecule has 1 amide bonds. The molecule has 4 heteroatoms. The fraction of sp³-hybridized carbons (Fsp3) is 0.273. The highest BCUT2D eigenvalue weighted by molar-refractivity contribution is 5.96. The first-order valence-electron chi connectivity index (χ1n) is 9.05. The summed E-state index contributed by atoms with van der Waals surface area (Å²) in [6.07, 6.45) is 3.23. The molecule has 1 aliphatic rings. The van der Waals surface area contributed by atoms with Gasteiger partial charge in [-0.2, -0.15) is 0 Å². The fourth-order valence-corrected chi connectivity index (χ4v) is 3.29. The van der Waals surface area contributed by atoms with Crippen molar-refractivity contribution in [3.05, 3.63) is 71.8 Å². The maximum atomic E-state index is 12.6. The number of hydrogen-bond donors (Lipinski definition) is 2. The first kappa shape index (κ1) is 18.1. The number of carbonyl (C=O) groups excluding carboxylic acids is 2. The van der Waals surface area contributed by atoms with Gasteiger partial charge in [0.05, 0.1) is 13.1 Å². The van der Waals surface area contributed by atoms with Crippen LogP contribution in [-0.2, 0) is 4.79 Å². The third-order valence-corrected chi connectivity index (χ3v) is 5.04. The van der Waals surface area contributed by atoms with E-state index in [-0.39, 0.29) is 17.7 Å². The molecule has 0 saturated carbocycles. The standard InChI is InChI=1S/C22H24N2O2/c1-16(22(26)23-21-10-8-18(9-11-21)17(2)25)24-14-12-20(13-15-24)19-6-4-3-5-7-19/h3-12,16H,13-15H2,1-2H3,(H,23,26)/p+1/t16-/m1/s1. The van der Waals surface area contributed by atoms with Crippen molar-refractivity contribution in [1.82, 2.24) is 0 Å². The van der Waals surface area contributed by atoms with Crippen LogP contribution in [0.4, 0.5) is 5.69 Å². The molecule has 0 radical (unpaired) electrons. The lowest BCUT2D eigenvalue weighted by Gasteiger charge is -2.28. The number of benzene rings is 2. The van der Waals surface area contributed by atoms with Crippen LogP contribution in [0.3, 0.4) is 0 Å². The zero-order valence-corrected chi connectivity index (χ0v) is 15.3. The smallest absolute Gasteiger partial charge is 0.282 e. The van der Waals surface area contributed by atoms with Crippen LogP contribution in [0.5, 0.6) is 0 Å². The number of nitrogens with one attached hydrogen (secondary N) is 2. The lowest BCUT2D eigenvalue weighted by Crippen LogP contribution is -3.17. The number of ketones is 1. The Balaban J connectivity index is 1.59. The van der Waals surface area contributed by atoms with Crippen molar-refractivity contribution in [3.63, 3.8) is 0 Å². The van der Waals surface area contributed by atoms with Crippen LogP contribution in [0.25, 0.3) is 5.57 Å². The molecule has 0 bridgehead atoms. The van der Waals surface area contributed by atoms with E-state index in [0.717, 1.165) is 25.2 Å². The van der Waals surface area contributed by atoms with Crippen LogP contribution in [0.2, 0.25) is 0 Å². The van der Waals surface area contributed by atoms with Crippen molar-refractivity contribution in [3.8, 4) is 0 Å². The zero-order valence-electron chi connectivity index (χ0n) is 15.3. The van der Waals surface area contributed by atoms with Crippen molar-refractivity contribution >= 4 is 23.0 Å². The van der Waals surface area contributed by atoms with Gasteiger partial charge in [0.15, 0.2) is 11.8 Å². The predicted molar refractivity (Wildman–Crippen MR) is 104 cm³/mol. The number of amides is 1. The predicted octanol–water partition coefficient (Wildman–Crippen LogP) is 2.59. The summed E-state index contributed by atoms with van der Waals surface area (Å²) >= 11 is 0. The number of hydrogen-bond acceptors (Lipinski definition) is 2. The lowest BCUT2D eigenvalue weighted by atomic mass is 9.99. The number of carbonyl (C=O) groups is 2. The van der Waals surface area contributed by atoms with E-state index in [1.807, 2.05) is 13.0 Å². The zero-order chi connectivity index (χ0) is 18.5. The van der Waals surface area contributed by atoms with Gasteiger partial charge in [-0.3, -0.25) is 9.59 Å². The molecule has 1 unspecified atom stereocenters. The molecule has 2 N–H and O–H groups in total. The Morgan fingerprint density at radius 1 is 1.04 bits per heavy atom. The second kappa shape index (κ2) is 8.11. The molecule has 0 saturated heterocycles. The number of quaternary nitrogens is 1. The fourth-order valence-electron chi connectivity index (χ4n) is 3.29. The molecule has 2 atom stereocenters. The van der Waals surface area contributed by atoms with Gasteiger partial charge in [0.25, 0.3) is 5.91 Å². The molecule has 0 aromatic heterocycles. The number of Topliss-reactive ketones (excluding diaryl/α,β-unsaturated/α-hetero) is 1. The Morgan fingerprint density at radius 2 is 1.73 bits per heavy atom. The first-order chi connectivity index (χ1) is 12.5. The highest BCUT2D eigenvalue weighted by atomic mass is 16.2. The van der Waals surface area contributed by atoms with E-state index in [1.165, 1.54) is 23.0 Å². The van der Waals surface area contributed by atoms with Gasteiger partial charge in [-0.1, -0.05) is 30.3 Å². The molecule has 2 aromatic carbocycles. The minimum absolute atomic E-state index is 0.00661. The molecule has 1 heterocycles. The summed E-state index contributed by atoms with van der Waals surface area (Å²) in [5, 5.41) is 2.96. The van der Waals surface area contributed by atoms with Crippen molar-refractivity contribution in [2.24, 2.45) is 0 Å². The number of anilines is 1. The first-order valence-corrected chi connectivity index (χ1v) is 9.05. The van der Waals surface area contributed by atoms with Gasteiger partial charge < -0.3 is 10.2 Å². The summed E-state index contributed by atoms with van der Waals surface area (Å²) in [6, 6.07) is 17.3. The molecular formula is C22H25N2O2+. The summed E-state index contributed by atoms with van der Waals surface area (Å²) in [6.45, 7) is 5.29. The minimum atomic E-state index is -0.129. The summed E-state index contributed by atoms with van der Waals surface area (Å²) in [5.74, 6) is 0.0298. The SMILES string of the molecule is CC(=O)c1ccc(NC(=O)[C@@H](C)[NH+]2CC=C(c3ccccc3)CC2)cc1. The topological polar surface area (TPSA) is 50.6 Å². The molecule has 0 fully saturated rings. The second-order valence-corrected chi connectivity index (χ2v) is 6.80. The largest absolute Gasteiger partial charge is 0.321 e. The van der Waals surface area contributed by atoms with Crippen LogP contribution in [0, 0.1) is 0 Å². The van der Waals surface area contributed by atoms with E-state index in [9.17, 15) is 9.59 Å². The molecular weight excluding hydrogens is 324 g/mol. The summed E-state index contributed by atoms with van der Waals surface area (Å²) in [5.41, 5.74) is 4.01. The molecule has 134 valence electrons. The molecule has 1 aliphatic heterocycles. The average molecular weight is 349 g/mol. The third-order valence-electron chi connectivity index (χ3n) is 5.04. The summed E-state index contributed by atoms with van der Waals surface area (Å²) in [7, 11) is 0. The van der Waals surface area contributed by atoms with E-state index >= 15 is 0 Å². The van der Waals surface area contributed by atoms with Crippen LogP contribution in [0.1, 0.15) is 36.2 Å². The van der Waals surface area contributed by atoms with Gasteiger partial charge in [0, 0.05) is 17.7 Å². The van der Waals surface area contributed by atoms with Gasteiger partial charge in [-0.25, -0.2) is 0 Å². The maximum Gasteiger partial charge on any atom is 0.282 e. The van der Waals surface area contributed by atoms with Crippen LogP contribution >= 0.6 is 0 Å². The number of rotatable bonds is 5. The highest BCUT2D eigenvalue weighted by Gasteiger charge is 2.27. The van der Waals surface area contributed by atoms with E-state index in [0.29, 0.717) is 5.56 Å². The quantitative estimate of drug-likeness (QED) is 0.815. The van der Waals surface area contributed by atoms with Gasteiger partial charge in [0.1, 0.15) is 0 Å². The Bertz CT molecular complexity index is 810. The normalized spacial score (nSPS) is 17.9. The van der Waals surface area contributed by atoms with Gasteiger partial charge in [-0.15, -0.1) is 0 Å². The van der Waals surface area contributed by atoms with E-state index < -0.39 is 0 Å². The minimum Gasteiger partial charge on any atom is -0.321 e. The van der Waals surface area contributed by atoms with Gasteiger partial charge in [-0.05, 0) is 55.3 Å². The molecule has 0 aliphatic carbocycles. The van der Waals surface area contributed by atoms with Crippen molar-refractivity contribution in [2.75, 3.05) is 18.4 Å².